The largest absolute Gasteiger partial charge is 0.388 e. The maximum Gasteiger partial charge on any atom is 0.318 e. The summed E-state index contributed by atoms with van der Waals surface area (Å²) in [5.74, 6) is -0.297. The fraction of sp³-hybridized carbons (Fsp3) is 0.435. The highest BCUT2D eigenvalue weighted by Crippen LogP contribution is 2.48. The van der Waals surface area contributed by atoms with Crippen molar-refractivity contribution in [1.82, 2.24) is 10.2 Å². The van der Waals surface area contributed by atoms with Crippen LogP contribution in [0.1, 0.15) is 49.3 Å². The molecule has 2 fully saturated rings. The molecule has 5 nitrogen and oxygen atoms in total. The number of para-hydroxylation sites is 1. The molecule has 1 aliphatic carbocycles. The molecule has 158 valence electrons. The predicted octanol–water partition coefficient (Wildman–Crippen LogP) is 4.19. The first-order valence-electron chi connectivity index (χ1n) is 10.5. The van der Waals surface area contributed by atoms with Crippen LogP contribution >= 0.6 is 0 Å². The summed E-state index contributed by atoms with van der Waals surface area (Å²) >= 11 is 0. The van der Waals surface area contributed by atoms with Gasteiger partial charge in [0.2, 0.25) is 0 Å². The van der Waals surface area contributed by atoms with Crippen LogP contribution in [0.25, 0.3) is 0 Å². The van der Waals surface area contributed by atoms with Gasteiger partial charge >= 0.3 is 6.03 Å². The molecule has 1 spiro atoms. The third-order valence-corrected chi connectivity index (χ3v) is 6.97. The van der Waals surface area contributed by atoms with E-state index in [0.717, 1.165) is 23.5 Å². The first-order valence-corrected chi connectivity index (χ1v) is 10.5. The second-order valence-electron chi connectivity index (χ2n) is 8.79. The Labute approximate surface area is 174 Å². The van der Waals surface area contributed by atoms with Gasteiger partial charge in [-0.25, -0.2) is 14.3 Å². The van der Waals surface area contributed by atoms with Crippen LogP contribution in [0.2, 0.25) is 0 Å². The number of carbonyl (C=O) groups is 1. The SMILES string of the molecule is O=C(NC1(c2ccc(F)cc2)CC1)N1CCC2(CC1)CC(O)c1ccccc1N2F. The summed E-state index contributed by atoms with van der Waals surface area (Å²) in [5.41, 5.74) is 0.723. The van der Waals surface area contributed by atoms with Crippen molar-refractivity contribution >= 4 is 11.7 Å². The van der Waals surface area contributed by atoms with E-state index < -0.39 is 17.2 Å². The van der Waals surface area contributed by atoms with E-state index in [-0.39, 0.29) is 11.8 Å². The number of rotatable bonds is 2. The second-order valence-corrected chi connectivity index (χ2v) is 8.79. The number of likely N-dealkylation sites (tertiary alicyclic amines) is 1. The van der Waals surface area contributed by atoms with Gasteiger partial charge in [0.15, 0.2) is 0 Å². The van der Waals surface area contributed by atoms with Crippen molar-refractivity contribution in [3.05, 3.63) is 65.5 Å². The minimum atomic E-state index is -0.793. The number of halogens is 2. The van der Waals surface area contributed by atoms with Gasteiger partial charge in [-0.05, 0) is 49.4 Å². The lowest BCUT2D eigenvalue weighted by Gasteiger charge is -2.49. The molecule has 2 aliphatic heterocycles. The zero-order chi connectivity index (χ0) is 20.9. The number of hydrogen-bond acceptors (Lipinski definition) is 3. The molecule has 1 unspecified atom stereocenters. The van der Waals surface area contributed by atoms with Crippen LogP contribution in [0.5, 0.6) is 0 Å². The van der Waals surface area contributed by atoms with Crippen molar-refractivity contribution in [3.63, 3.8) is 0 Å². The topological polar surface area (TPSA) is 55.8 Å². The minimum Gasteiger partial charge on any atom is -0.388 e. The second kappa shape index (κ2) is 6.94. The number of nitrogens with zero attached hydrogens (tertiary/aromatic N) is 2. The Hall–Kier alpha value is -2.67. The number of anilines is 1. The number of aliphatic hydroxyl groups excluding tert-OH is 1. The van der Waals surface area contributed by atoms with Crippen LogP contribution in [0.4, 0.5) is 19.4 Å². The van der Waals surface area contributed by atoms with Crippen molar-refractivity contribution in [1.29, 1.82) is 0 Å². The van der Waals surface area contributed by atoms with Crippen LogP contribution in [0, 0.1) is 5.82 Å². The molecule has 3 aliphatic rings. The molecule has 2 amide bonds. The van der Waals surface area contributed by atoms with Crippen LogP contribution in [0.15, 0.2) is 48.5 Å². The molecule has 1 atom stereocenters. The molecular formula is C23H25F2N3O2. The highest BCUT2D eigenvalue weighted by Gasteiger charge is 2.50. The molecule has 2 aromatic carbocycles. The van der Waals surface area contributed by atoms with E-state index >= 15 is 4.48 Å². The van der Waals surface area contributed by atoms with E-state index in [9.17, 15) is 14.3 Å². The maximum absolute atomic E-state index is 15.3. The Morgan fingerprint density at radius 3 is 2.37 bits per heavy atom. The van der Waals surface area contributed by atoms with E-state index in [0.29, 0.717) is 43.6 Å². The average molecular weight is 413 g/mol. The van der Waals surface area contributed by atoms with Crippen LogP contribution in [-0.4, -0.2) is 34.7 Å². The molecule has 0 radical (unpaired) electrons. The molecule has 0 bridgehead atoms. The highest BCUT2D eigenvalue weighted by molar-refractivity contribution is 5.76. The van der Waals surface area contributed by atoms with E-state index in [2.05, 4.69) is 5.32 Å². The van der Waals surface area contributed by atoms with Crippen molar-refractivity contribution in [2.45, 2.75) is 49.3 Å². The predicted molar refractivity (Wildman–Crippen MR) is 109 cm³/mol. The first kappa shape index (κ1) is 19.3. The van der Waals surface area contributed by atoms with Crippen LogP contribution in [-0.2, 0) is 5.54 Å². The summed E-state index contributed by atoms with van der Waals surface area (Å²) in [6.45, 7) is 0.835. The fourth-order valence-electron chi connectivity index (χ4n) is 4.94. The van der Waals surface area contributed by atoms with Crippen molar-refractivity contribution in [2.75, 3.05) is 18.2 Å². The maximum atomic E-state index is 15.3. The number of hydrogen-bond donors (Lipinski definition) is 2. The number of amides is 2. The number of nitrogens with one attached hydrogen (secondary N) is 1. The monoisotopic (exact) mass is 413 g/mol. The molecule has 2 aromatic rings. The summed E-state index contributed by atoms with van der Waals surface area (Å²) in [6.07, 6.45) is 2.15. The smallest absolute Gasteiger partial charge is 0.318 e. The summed E-state index contributed by atoms with van der Waals surface area (Å²) in [7, 11) is 0. The third-order valence-electron chi connectivity index (χ3n) is 6.97. The number of piperidine rings is 1. The number of urea groups is 1. The van der Waals surface area contributed by atoms with Crippen molar-refractivity contribution in [2.24, 2.45) is 0 Å². The number of benzene rings is 2. The third kappa shape index (κ3) is 3.12. The van der Waals surface area contributed by atoms with Gasteiger partial charge in [-0.15, -0.1) is 0 Å². The molecule has 1 saturated heterocycles. The minimum absolute atomic E-state index is 0.172. The molecule has 0 aromatic heterocycles. The van der Waals surface area contributed by atoms with Crippen LogP contribution in [0.3, 0.4) is 0 Å². The van der Waals surface area contributed by atoms with Gasteiger partial charge in [-0.1, -0.05) is 34.8 Å². The molecule has 30 heavy (non-hydrogen) atoms. The Bertz CT molecular complexity index is 953. The lowest BCUT2D eigenvalue weighted by Crippen LogP contribution is -2.58. The summed E-state index contributed by atoms with van der Waals surface area (Å²) in [4.78, 5) is 14.6. The molecule has 2 heterocycles. The van der Waals surface area contributed by atoms with Gasteiger partial charge in [0.05, 0.1) is 22.9 Å². The van der Waals surface area contributed by atoms with Gasteiger partial charge in [-0.3, -0.25) is 0 Å². The summed E-state index contributed by atoms with van der Waals surface area (Å²) < 4.78 is 28.6. The molecule has 5 rings (SSSR count). The zero-order valence-corrected chi connectivity index (χ0v) is 16.7. The van der Waals surface area contributed by atoms with E-state index in [1.54, 1.807) is 41.3 Å². The molecular weight excluding hydrogens is 388 g/mol. The van der Waals surface area contributed by atoms with Gasteiger partial charge < -0.3 is 15.3 Å². The fourth-order valence-corrected chi connectivity index (χ4v) is 4.94. The Balaban J connectivity index is 1.26. The zero-order valence-electron chi connectivity index (χ0n) is 16.7. The molecule has 2 N–H and O–H groups in total. The number of carbonyl (C=O) groups excluding carboxylic acids is 1. The Morgan fingerprint density at radius 1 is 1.03 bits per heavy atom. The van der Waals surface area contributed by atoms with Crippen LogP contribution < -0.4 is 10.4 Å². The van der Waals surface area contributed by atoms with Crippen molar-refractivity contribution in [3.8, 4) is 0 Å². The van der Waals surface area contributed by atoms with Gasteiger partial charge in [0.1, 0.15) is 5.82 Å². The van der Waals surface area contributed by atoms with Gasteiger partial charge in [0.25, 0.3) is 0 Å². The molecule has 7 heteroatoms. The normalized spacial score (nSPS) is 23.8. The summed E-state index contributed by atoms with van der Waals surface area (Å²) in [6, 6.07) is 13.1. The Morgan fingerprint density at radius 2 is 1.70 bits per heavy atom. The molecule has 1 saturated carbocycles. The first-order chi connectivity index (χ1) is 14.4. The summed E-state index contributed by atoms with van der Waals surface area (Å²) in [5, 5.41) is 14.5. The van der Waals surface area contributed by atoms with Gasteiger partial charge in [0, 0.05) is 25.1 Å². The van der Waals surface area contributed by atoms with Gasteiger partial charge in [-0.2, -0.15) is 0 Å². The highest BCUT2D eigenvalue weighted by atomic mass is 19.2. The van der Waals surface area contributed by atoms with Crippen molar-refractivity contribution < 1.29 is 18.8 Å². The lowest BCUT2D eigenvalue weighted by molar-refractivity contribution is 0.0562. The quantitative estimate of drug-likeness (QED) is 0.726. The standard InChI is InChI=1S/C23H25F2N3O2/c24-17-7-5-16(6-8-17)23(9-10-23)26-21(30)27-13-11-22(12-14-27)15-20(29)18-3-1-2-4-19(18)28(22)25/h1-8,20,29H,9-15H2,(H,26,30). The van der Waals surface area contributed by atoms with E-state index in [1.165, 1.54) is 12.1 Å². The van der Waals surface area contributed by atoms with E-state index in [4.69, 9.17) is 0 Å². The Kier molecular flexibility index (Phi) is 4.47. The lowest BCUT2D eigenvalue weighted by atomic mass is 9.77. The average Bonchev–Trinajstić information content (AvgIpc) is 3.53. The number of aliphatic hydroxyl groups is 1. The van der Waals surface area contributed by atoms with E-state index in [1.807, 2.05) is 0 Å². The number of fused-ring (bicyclic) bond motifs is 1.